The largest absolute Gasteiger partial charge is 0.341 e. The molecule has 31 heavy (non-hydrogen) atoms. The Labute approximate surface area is 180 Å². The van der Waals surface area contributed by atoms with E-state index in [9.17, 15) is 22.4 Å². The highest BCUT2D eigenvalue weighted by atomic mass is 32.2. The van der Waals surface area contributed by atoms with Gasteiger partial charge >= 0.3 is 0 Å². The average molecular weight is 446 g/mol. The molecule has 7 nitrogen and oxygen atoms in total. The van der Waals surface area contributed by atoms with E-state index in [-0.39, 0.29) is 36.2 Å². The van der Waals surface area contributed by atoms with Crippen LogP contribution < -0.4 is 5.32 Å². The number of hydrogen-bond donors (Lipinski definition) is 1. The van der Waals surface area contributed by atoms with Gasteiger partial charge in [0.25, 0.3) is 0 Å². The molecule has 0 radical (unpaired) electrons. The molecule has 2 amide bonds. The number of hydrogen-bond acceptors (Lipinski definition) is 4. The van der Waals surface area contributed by atoms with Crippen LogP contribution in [-0.2, 0) is 19.6 Å². The monoisotopic (exact) mass is 445 g/mol. The molecule has 1 fully saturated rings. The van der Waals surface area contributed by atoms with Gasteiger partial charge in [-0.1, -0.05) is 23.8 Å². The Hall–Kier alpha value is -2.78. The molecule has 2 aliphatic rings. The molecule has 4 rings (SSSR count). The van der Waals surface area contributed by atoms with Gasteiger partial charge in [0.2, 0.25) is 21.8 Å². The molecular formula is C22H24FN3O4S. The van der Waals surface area contributed by atoms with Crippen LogP contribution in [0.5, 0.6) is 0 Å². The van der Waals surface area contributed by atoms with E-state index in [0.29, 0.717) is 30.8 Å². The van der Waals surface area contributed by atoms with E-state index in [1.54, 1.807) is 29.2 Å². The summed E-state index contributed by atoms with van der Waals surface area (Å²) in [7, 11) is -3.65. The second-order valence-electron chi connectivity index (χ2n) is 7.93. The van der Waals surface area contributed by atoms with Crippen molar-refractivity contribution in [1.82, 2.24) is 9.21 Å². The van der Waals surface area contributed by atoms with Gasteiger partial charge in [-0.2, -0.15) is 4.31 Å². The Morgan fingerprint density at radius 3 is 2.55 bits per heavy atom. The van der Waals surface area contributed by atoms with E-state index in [1.165, 1.54) is 22.5 Å². The Balaban J connectivity index is 1.51. The van der Waals surface area contributed by atoms with Crippen LogP contribution in [0.25, 0.3) is 0 Å². The molecule has 0 bridgehead atoms. The number of nitrogens with one attached hydrogen (secondary N) is 1. The number of fused-ring (bicyclic) bond motifs is 1. The van der Waals surface area contributed by atoms with Crippen molar-refractivity contribution in [3.63, 3.8) is 0 Å². The van der Waals surface area contributed by atoms with Gasteiger partial charge in [-0.25, -0.2) is 12.8 Å². The highest BCUT2D eigenvalue weighted by Crippen LogP contribution is 2.34. The summed E-state index contributed by atoms with van der Waals surface area (Å²) in [6, 6.07) is 10.7. The second kappa shape index (κ2) is 8.39. The SMILES string of the molecule is Cc1ccc(S(=O)(=O)N2CCCN(C(=O)[C@H]3CC(=O)Nc4cc(F)ccc43)CC2)cc1. The maximum Gasteiger partial charge on any atom is 0.243 e. The minimum absolute atomic E-state index is 0.0145. The third-order valence-electron chi connectivity index (χ3n) is 5.78. The van der Waals surface area contributed by atoms with Gasteiger partial charge in [0.05, 0.1) is 10.8 Å². The number of nitrogens with zero attached hydrogens (tertiary/aromatic N) is 2. The van der Waals surface area contributed by atoms with E-state index in [2.05, 4.69) is 5.32 Å². The molecule has 0 aromatic heterocycles. The summed E-state index contributed by atoms with van der Waals surface area (Å²) >= 11 is 0. The third-order valence-corrected chi connectivity index (χ3v) is 7.69. The lowest BCUT2D eigenvalue weighted by atomic mass is 9.89. The van der Waals surface area contributed by atoms with Crippen molar-refractivity contribution >= 4 is 27.5 Å². The van der Waals surface area contributed by atoms with Crippen molar-refractivity contribution < 1.29 is 22.4 Å². The fraction of sp³-hybridized carbons (Fsp3) is 0.364. The van der Waals surface area contributed by atoms with Gasteiger partial charge < -0.3 is 10.2 Å². The van der Waals surface area contributed by atoms with Gasteiger partial charge in [0.15, 0.2) is 0 Å². The number of amides is 2. The number of sulfonamides is 1. The van der Waals surface area contributed by atoms with Gasteiger partial charge in [-0.15, -0.1) is 0 Å². The summed E-state index contributed by atoms with van der Waals surface area (Å²) in [6.45, 7) is 3.01. The Bertz CT molecular complexity index is 1120. The molecule has 9 heteroatoms. The van der Waals surface area contributed by atoms with Crippen molar-refractivity contribution in [2.24, 2.45) is 0 Å². The van der Waals surface area contributed by atoms with Crippen molar-refractivity contribution in [2.75, 3.05) is 31.5 Å². The van der Waals surface area contributed by atoms with Crippen LogP contribution in [0.4, 0.5) is 10.1 Å². The van der Waals surface area contributed by atoms with Crippen molar-refractivity contribution in [2.45, 2.75) is 30.6 Å². The molecule has 1 N–H and O–H groups in total. The van der Waals surface area contributed by atoms with Crippen LogP contribution in [0.1, 0.15) is 29.9 Å². The molecule has 0 saturated carbocycles. The van der Waals surface area contributed by atoms with Gasteiger partial charge in [-0.05, 0) is 43.2 Å². The minimum atomic E-state index is -3.65. The fourth-order valence-corrected chi connectivity index (χ4v) is 5.56. The first kappa shape index (κ1) is 21.5. The fourth-order valence-electron chi connectivity index (χ4n) is 4.09. The maximum atomic E-state index is 13.6. The first-order valence-electron chi connectivity index (χ1n) is 10.2. The minimum Gasteiger partial charge on any atom is -0.341 e. The third kappa shape index (κ3) is 4.33. The van der Waals surface area contributed by atoms with E-state index >= 15 is 0 Å². The summed E-state index contributed by atoms with van der Waals surface area (Å²) < 4.78 is 41.0. The maximum absolute atomic E-state index is 13.6. The predicted octanol–water partition coefficient (Wildman–Crippen LogP) is 2.48. The van der Waals surface area contributed by atoms with E-state index in [1.807, 2.05) is 6.92 Å². The molecular weight excluding hydrogens is 421 g/mol. The lowest BCUT2D eigenvalue weighted by Crippen LogP contribution is -2.41. The topological polar surface area (TPSA) is 86.8 Å². The van der Waals surface area contributed by atoms with Gasteiger partial charge in [0, 0.05) is 38.3 Å². The second-order valence-corrected chi connectivity index (χ2v) is 9.87. The summed E-state index contributed by atoms with van der Waals surface area (Å²) in [6.07, 6.45) is 0.478. The van der Waals surface area contributed by atoms with Crippen molar-refractivity contribution in [1.29, 1.82) is 0 Å². The zero-order valence-corrected chi connectivity index (χ0v) is 18.0. The summed E-state index contributed by atoms with van der Waals surface area (Å²) in [5.74, 6) is -1.77. The van der Waals surface area contributed by atoms with E-state index in [0.717, 1.165) is 5.56 Å². The van der Waals surface area contributed by atoms with Crippen molar-refractivity contribution in [3.05, 3.63) is 59.4 Å². The number of halogens is 1. The molecule has 164 valence electrons. The van der Waals surface area contributed by atoms with E-state index in [4.69, 9.17) is 0 Å². The number of anilines is 1. The Kier molecular flexibility index (Phi) is 5.81. The van der Waals surface area contributed by atoms with Gasteiger partial charge in [-0.3, -0.25) is 9.59 Å². The molecule has 0 spiro atoms. The number of aryl methyl sites for hydroxylation is 1. The lowest BCUT2D eigenvalue weighted by molar-refractivity contribution is -0.134. The summed E-state index contributed by atoms with van der Waals surface area (Å²) in [5, 5.41) is 2.61. The van der Waals surface area contributed by atoms with Gasteiger partial charge in [0.1, 0.15) is 5.82 Å². The highest BCUT2D eigenvalue weighted by Gasteiger charge is 2.35. The number of rotatable bonds is 3. The highest BCUT2D eigenvalue weighted by molar-refractivity contribution is 7.89. The molecule has 1 saturated heterocycles. The molecule has 2 aromatic rings. The normalized spacial score (nSPS) is 20.0. The zero-order valence-electron chi connectivity index (χ0n) is 17.2. The quantitative estimate of drug-likeness (QED) is 0.787. The number of benzene rings is 2. The first-order chi connectivity index (χ1) is 14.8. The van der Waals surface area contributed by atoms with E-state index < -0.39 is 21.8 Å². The lowest BCUT2D eigenvalue weighted by Gasteiger charge is -2.30. The Morgan fingerprint density at radius 1 is 1.06 bits per heavy atom. The Morgan fingerprint density at radius 2 is 1.81 bits per heavy atom. The number of carbonyl (C=O) groups is 2. The molecule has 2 aliphatic heterocycles. The van der Waals surface area contributed by atoms with Crippen LogP contribution in [-0.4, -0.2) is 55.6 Å². The molecule has 0 aliphatic carbocycles. The first-order valence-corrected chi connectivity index (χ1v) is 11.6. The summed E-state index contributed by atoms with van der Waals surface area (Å²) in [4.78, 5) is 27.2. The van der Waals surface area contributed by atoms with Crippen LogP contribution >= 0.6 is 0 Å². The average Bonchev–Trinajstić information content (AvgIpc) is 2.99. The smallest absolute Gasteiger partial charge is 0.243 e. The summed E-state index contributed by atoms with van der Waals surface area (Å²) in [5.41, 5.74) is 1.87. The van der Waals surface area contributed by atoms with Crippen molar-refractivity contribution in [3.8, 4) is 0 Å². The number of carbonyl (C=O) groups excluding carboxylic acids is 2. The van der Waals surface area contributed by atoms with Crippen LogP contribution in [0.2, 0.25) is 0 Å². The molecule has 2 aromatic carbocycles. The van der Waals surface area contributed by atoms with Crippen LogP contribution in [0, 0.1) is 12.7 Å². The molecule has 2 heterocycles. The molecule has 1 atom stereocenters. The zero-order chi connectivity index (χ0) is 22.2. The molecule has 0 unspecified atom stereocenters. The van der Waals surface area contributed by atoms with Crippen LogP contribution in [0.3, 0.4) is 0 Å². The van der Waals surface area contributed by atoms with Crippen LogP contribution in [0.15, 0.2) is 47.4 Å². The standard InChI is InChI=1S/C22H24FN3O4S/c1-15-3-6-17(7-4-15)31(29,30)26-10-2-9-25(11-12-26)22(28)19-14-21(27)24-20-13-16(23)5-8-18(19)20/h3-8,13,19H,2,9-12,14H2,1H3,(H,24,27)/t19-/m0/s1. The predicted molar refractivity (Wildman–Crippen MR) is 114 cm³/mol.